The number of hydrogen-bond acceptors (Lipinski definition) is 3. The fourth-order valence-electron chi connectivity index (χ4n) is 0.693. The molecule has 1 aromatic heterocycles. The number of nitriles is 1. The predicted molar refractivity (Wildman–Crippen MR) is 52.2 cm³/mol. The third-order valence-electron chi connectivity index (χ3n) is 1.30. The lowest BCUT2D eigenvalue weighted by molar-refractivity contribution is 0.102. The number of nitrogens with zero attached hydrogens (tertiary/aromatic N) is 2. The van der Waals surface area contributed by atoms with Gasteiger partial charge in [-0.05, 0) is 12.1 Å². The van der Waals surface area contributed by atoms with Crippen molar-refractivity contribution in [2.45, 2.75) is 0 Å². The lowest BCUT2D eigenvalue weighted by atomic mass is 10.2. The zero-order chi connectivity index (χ0) is 8.97. The number of pyridine rings is 1. The van der Waals surface area contributed by atoms with E-state index in [1.807, 2.05) is 28.7 Å². The number of carbonyl (C=O) groups is 1. The molecule has 0 spiro atoms. The maximum Gasteiger partial charge on any atom is 0.190 e. The molecule has 0 radical (unpaired) electrons. The third-order valence-corrected chi connectivity index (χ3v) is 1.99. The monoisotopic (exact) mass is 272 g/mol. The minimum atomic E-state index is -0.0138. The zero-order valence-corrected chi connectivity index (χ0v) is 8.28. The van der Waals surface area contributed by atoms with Crippen LogP contribution in [0, 0.1) is 11.3 Å². The first-order valence-electron chi connectivity index (χ1n) is 3.23. The first kappa shape index (κ1) is 9.13. The molecule has 0 fully saturated rings. The van der Waals surface area contributed by atoms with E-state index in [4.69, 9.17) is 5.26 Å². The number of alkyl halides is 1. The summed E-state index contributed by atoms with van der Waals surface area (Å²) in [7, 11) is 0. The van der Waals surface area contributed by atoms with Crippen LogP contribution >= 0.6 is 22.6 Å². The van der Waals surface area contributed by atoms with E-state index in [9.17, 15) is 4.79 Å². The molecule has 0 atom stereocenters. The molecule has 12 heavy (non-hydrogen) atoms. The van der Waals surface area contributed by atoms with Crippen molar-refractivity contribution in [2.75, 3.05) is 4.43 Å². The van der Waals surface area contributed by atoms with Crippen molar-refractivity contribution in [2.24, 2.45) is 0 Å². The van der Waals surface area contributed by atoms with E-state index in [-0.39, 0.29) is 5.78 Å². The Morgan fingerprint density at radius 3 is 2.83 bits per heavy atom. The molecule has 0 saturated carbocycles. The van der Waals surface area contributed by atoms with Crippen molar-refractivity contribution >= 4 is 28.4 Å². The van der Waals surface area contributed by atoms with Gasteiger partial charge in [0.1, 0.15) is 11.8 Å². The van der Waals surface area contributed by atoms with Gasteiger partial charge in [0.2, 0.25) is 0 Å². The highest BCUT2D eigenvalue weighted by Gasteiger charge is 2.03. The van der Waals surface area contributed by atoms with Crippen LogP contribution in [0.4, 0.5) is 0 Å². The number of rotatable bonds is 2. The van der Waals surface area contributed by atoms with Gasteiger partial charge in [0.25, 0.3) is 0 Å². The van der Waals surface area contributed by atoms with Crippen LogP contribution in [0.3, 0.4) is 0 Å². The molecule has 1 aromatic rings. The van der Waals surface area contributed by atoms with Gasteiger partial charge in [-0.2, -0.15) is 5.26 Å². The number of halogens is 1. The summed E-state index contributed by atoms with van der Waals surface area (Å²) in [5.74, 6) is -0.0138. The van der Waals surface area contributed by atoms with E-state index in [0.717, 1.165) is 0 Å². The van der Waals surface area contributed by atoms with Crippen molar-refractivity contribution in [1.82, 2.24) is 4.98 Å². The van der Waals surface area contributed by atoms with Gasteiger partial charge in [0, 0.05) is 6.20 Å². The van der Waals surface area contributed by atoms with Crippen LogP contribution in [0.5, 0.6) is 0 Å². The Labute approximate surface area is 83.6 Å². The molecule has 0 aliphatic carbocycles. The highest BCUT2D eigenvalue weighted by Crippen LogP contribution is 2.01. The normalized spacial score (nSPS) is 9.00. The van der Waals surface area contributed by atoms with Crippen molar-refractivity contribution in [3.05, 3.63) is 29.6 Å². The van der Waals surface area contributed by atoms with Gasteiger partial charge in [-0.25, -0.2) is 0 Å². The number of aromatic nitrogens is 1. The van der Waals surface area contributed by atoms with Gasteiger partial charge in [0.15, 0.2) is 5.78 Å². The Morgan fingerprint density at radius 1 is 1.67 bits per heavy atom. The maximum atomic E-state index is 11.1. The molecule has 0 aromatic carbocycles. The van der Waals surface area contributed by atoms with Crippen LogP contribution in [0.1, 0.15) is 16.1 Å². The molecular weight excluding hydrogens is 267 g/mol. The largest absolute Gasteiger partial charge is 0.292 e. The summed E-state index contributed by atoms with van der Waals surface area (Å²) in [6.07, 6.45) is 1.40. The second kappa shape index (κ2) is 4.16. The van der Waals surface area contributed by atoms with Gasteiger partial charge >= 0.3 is 0 Å². The average molecular weight is 272 g/mol. The fourth-order valence-corrected chi connectivity index (χ4v) is 1.08. The van der Waals surface area contributed by atoms with Gasteiger partial charge in [-0.1, -0.05) is 22.6 Å². The molecule has 1 heterocycles. The van der Waals surface area contributed by atoms with Crippen LogP contribution in [0.15, 0.2) is 18.3 Å². The first-order valence-corrected chi connectivity index (χ1v) is 4.76. The van der Waals surface area contributed by atoms with E-state index in [2.05, 4.69) is 4.98 Å². The van der Waals surface area contributed by atoms with Crippen LogP contribution in [-0.4, -0.2) is 15.2 Å². The van der Waals surface area contributed by atoms with E-state index in [0.29, 0.717) is 15.7 Å². The maximum absolute atomic E-state index is 11.1. The highest BCUT2D eigenvalue weighted by atomic mass is 127. The molecule has 0 bridgehead atoms. The number of ketones is 1. The Bertz CT molecular complexity index is 326. The van der Waals surface area contributed by atoms with Gasteiger partial charge in [-0.3, -0.25) is 9.78 Å². The molecule has 1 rings (SSSR count). The van der Waals surface area contributed by atoms with E-state index in [1.54, 1.807) is 12.1 Å². The average Bonchev–Trinajstić information content (AvgIpc) is 2.17. The summed E-state index contributed by atoms with van der Waals surface area (Å²) < 4.78 is 0.413. The second-order valence-corrected chi connectivity index (χ2v) is 2.86. The van der Waals surface area contributed by atoms with Crippen LogP contribution in [-0.2, 0) is 0 Å². The van der Waals surface area contributed by atoms with Crippen LogP contribution < -0.4 is 0 Å². The van der Waals surface area contributed by atoms with E-state index < -0.39 is 0 Å². The summed E-state index contributed by atoms with van der Waals surface area (Å²) in [6.45, 7) is 0. The Hall–Kier alpha value is -0.960. The van der Waals surface area contributed by atoms with Gasteiger partial charge < -0.3 is 0 Å². The van der Waals surface area contributed by atoms with Crippen molar-refractivity contribution < 1.29 is 4.79 Å². The fraction of sp³-hybridized carbons (Fsp3) is 0.125. The van der Waals surface area contributed by atoms with E-state index in [1.165, 1.54) is 6.20 Å². The van der Waals surface area contributed by atoms with Crippen LogP contribution in [0.25, 0.3) is 0 Å². The topological polar surface area (TPSA) is 53.8 Å². The standard InChI is InChI=1S/C8H5IN2O/c9-3-8(12)7-2-1-6(4-10)5-11-7/h1-2,5H,3H2. The molecule has 0 saturated heterocycles. The van der Waals surface area contributed by atoms with Gasteiger partial charge in [-0.15, -0.1) is 0 Å². The van der Waals surface area contributed by atoms with Crippen LogP contribution in [0.2, 0.25) is 0 Å². The molecule has 0 amide bonds. The third kappa shape index (κ3) is 2.01. The minimum Gasteiger partial charge on any atom is -0.292 e. The smallest absolute Gasteiger partial charge is 0.190 e. The summed E-state index contributed by atoms with van der Waals surface area (Å²) in [5.41, 5.74) is 0.892. The number of carbonyl (C=O) groups excluding carboxylic acids is 1. The lowest BCUT2D eigenvalue weighted by Crippen LogP contribution is -2.02. The summed E-state index contributed by atoms with van der Waals surface area (Å²) in [6, 6.07) is 5.09. The molecule has 60 valence electrons. The number of Topliss-reactive ketones (excluding diaryl/α,β-unsaturated/α-hetero) is 1. The quantitative estimate of drug-likeness (QED) is 0.466. The summed E-state index contributed by atoms with van der Waals surface area (Å²) in [4.78, 5) is 14.9. The van der Waals surface area contributed by atoms with Crippen molar-refractivity contribution in [3.8, 4) is 6.07 Å². The lowest BCUT2D eigenvalue weighted by Gasteiger charge is -1.94. The summed E-state index contributed by atoms with van der Waals surface area (Å²) in [5, 5.41) is 8.45. The molecule has 0 N–H and O–H groups in total. The predicted octanol–water partition coefficient (Wildman–Crippen LogP) is 1.57. The Kier molecular flexibility index (Phi) is 3.17. The molecule has 0 aliphatic heterocycles. The Morgan fingerprint density at radius 2 is 2.42 bits per heavy atom. The SMILES string of the molecule is N#Cc1ccc(C(=O)CI)nc1. The molecule has 4 heteroatoms. The van der Waals surface area contributed by atoms with E-state index >= 15 is 0 Å². The van der Waals surface area contributed by atoms with Crippen molar-refractivity contribution in [3.63, 3.8) is 0 Å². The Balaban J connectivity index is 2.94. The van der Waals surface area contributed by atoms with Crippen molar-refractivity contribution in [1.29, 1.82) is 5.26 Å². The molecular formula is C8H5IN2O. The molecule has 3 nitrogen and oxygen atoms in total. The molecule has 0 aliphatic rings. The zero-order valence-electron chi connectivity index (χ0n) is 6.12. The van der Waals surface area contributed by atoms with Gasteiger partial charge in [0.05, 0.1) is 9.99 Å². The highest BCUT2D eigenvalue weighted by molar-refractivity contribution is 14.1. The first-order chi connectivity index (χ1) is 5.77. The molecule has 0 unspecified atom stereocenters. The second-order valence-electron chi connectivity index (χ2n) is 2.10. The summed E-state index contributed by atoms with van der Waals surface area (Å²) >= 11 is 1.98. The minimum absolute atomic E-state index is 0.0138. The number of hydrogen-bond donors (Lipinski definition) is 0.